The summed E-state index contributed by atoms with van der Waals surface area (Å²) in [5.41, 5.74) is 2.98. The van der Waals surface area contributed by atoms with Gasteiger partial charge in [0.25, 0.3) is 0 Å². The van der Waals surface area contributed by atoms with Crippen LogP contribution in [0, 0.1) is 0 Å². The molecular weight excluding hydrogens is 424 g/mol. The van der Waals surface area contributed by atoms with Crippen molar-refractivity contribution in [2.24, 2.45) is 0 Å². The molecule has 0 nitrogen and oxygen atoms in total. The Morgan fingerprint density at radius 3 is 1.36 bits per heavy atom. The predicted octanol–water partition coefficient (Wildman–Crippen LogP) is 5.17. The molecule has 0 N–H and O–H groups in total. The zero-order valence-corrected chi connectivity index (χ0v) is 18.1. The van der Waals surface area contributed by atoms with Crippen molar-refractivity contribution in [1.82, 2.24) is 0 Å². The van der Waals surface area contributed by atoms with Crippen LogP contribution in [0.25, 0.3) is 0 Å². The minimum Gasteiger partial charge on any atom is -0.0654 e. The third kappa shape index (κ3) is 6.99. The number of hydrogen-bond donors (Lipinski definition) is 0. The topological polar surface area (TPSA) is 0 Å². The molecule has 0 amide bonds. The molecule has 0 bridgehead atoms. The molecule has 0 saturated heterocycles. The molecule has 0 spiro atoms. The first-order chi connectivity index (χ1) is 8.77. The van der Waals surface area contributed by atoms with E-state index in [0.717, 1.165) is 0 Å². The van der Waals surface area contributed by atoms with Crippen molar-refractivity contribution in [3.05, 3.63) is 71.8 Å². The minimum atomic E-state index is 0. The molecule has 2 aromatic carbocycles. The van der Waals surface area contributed by atoms with Crippen LogP contribution in [0.3, 0.4) is 0 Å². The Kier molecular flexibility index (Phi) is 17.4. The van der Waals surface area contributed by atoms with Crippen molar-refractivity contribution in [2.45, 2.75) is 38.5 Å². The number of unbranched alkanes of at least 4 members (excludes halogenated alkanes) is 1. The summed E-state index contributed by atoms with van der Waals surface area (Å²) in [5, 5.41) is 0. The van der Waals surface area contributed by atoms with Gasteiger partial charge >= 0.3 is 0 Å². The Labute approximate surface area is 178 Å². The number of rotatable bonds is 5. The fourth-order valence-corrected chi connectivity index (χ4v) is 2.60. The predicted molar refractivity (Wildman–Crippen MR) is 78.9 cm³/mol. The van der Waals surface area contributed by atoms with E-state index in [0.29, 0.717) is 0 Å². The summed E-state index contributed by atoms with van der Waals surface area (Å²) in [7, 11) is 0. The fraction of sp³-hybridized carbons (Fsp3) is 0.333. The van der Waals surface area contributed by atoms with E-state index in [4.69, 9.17) is 0 Å². The van der Waals surface area contributed by atoms with E-state index >= 15 is 0 Å². The van der Waals surface area contributed by atoms with Gasteiger partial charge in [0.1, 0.15) is 0 Å². The van der Waals surface area contributed by atoms with Gasteiger partial charge < -0.3 is 0 Å². The second-order valence-corrected chi connectivity index (χ2v) is 5.17. The van der Waals surface area contributed by atoms with Crippen LogP contribution in [0.1, 0.15) is 44.2 Å². The van der Waals surface area contributed by atoms with E-state index in [1.165, 1.54) is 30.4 Å². The Bertz CT molecular complexity index is 431. The van der Waals surface area contributed by atoms with Gasteiger partial charge in [-0.3, -0.25) is 0 Å². The Hall–Kier alpha value is 0.570. The van der Waals surface area contributed by atoms with Crippen LogP contribution in [-0.2, 0) is 74.9 Å². The summed E-state index contributed by atoms with van der Waals surface area (Å²) in [6.07, 6.45) is 3.72. The molecule has 0 unspecified atom stereocenters. The maximum atomic E-state index is 2.37. The first-order valence-electron chi connectivity index (χ1n) is 6.88. The number of benzene rings is 2. The molecule has 0 heterocycles. The van der Waals surface area contributed by atoms with Crippen LogP contribution in [-0.4, -0.2) is 0 Å². The Morgan fingerprint density at radius 1 is 0.682 bits per heavy atom. The molecule has 0 aliphatic carbocycles. The third-order valence-electron chi connectivity index (χ3n) is 3.85. The zero-order valence-electron chi connectivity index (χ0n) is 13.0. The summed E-state index contributed by atoms with van der Waals surface area (Å²) in [5.74, 6) is 0. The van der Waals surface area contributed by atoms with Gasteiger partial charge in [0, 0.05) is 74.9 Å². The molecule has 4 heteroatoms. The summed E-state index contributed by atoms with van der Waals surface area (Å²) < 4.78 is 0. The van der Waals surface area contributed by atoms with Crippen LogP contribution >= 0.6 is 0 Å². The molecule has 0 radical (unpaired) electrons. The molecule has 0 aliphatic heterocycles. The zero-order chi connectivity index (χ0) is 12.8. The van der Waals surface area contributed by atoms with Crippen molar-refractivity contribution in [1.29, 1.82) is 0 Å². The van der Waals surface area contributed by atoms with Crippen LogP contribution in [0.4, 0.5) is 0 Å². The van der Waals surface area contributed by atoms with E-state index in [-0.39, 0.29) is 74.9 Å². The summed E-state index contributed by atoms with van der Waals surface area (Å²) in [6, 6.07) is 21.8. The molecule has 0 fully saturated rings. The Morgan fingerprint density at radius 2 is 1.05 bits per heavy atom. The standard InChI is InChI=1S/C18H22.4Cr/c1-3-4-15-18(2,16-11-7-5-8-12-16)17-13-9-6-10-14-17;;;;/h5-14H,3-4,15H2,1-2H3;;;;. The molecule has 0 aliphatic rings. The fourth-order valence-electron chi connectivity index (χ4n) is 2.60. The van der Waals surface area contributed by atoms with Gasteiger partial charge in [0.2, 0.25) is 0 Å². The second kappa shape index (κ2) is 14.0. The Balaban J connectivity index is -0.000000902. The van der Waals surface area contributed by atoms with Crippen molar-refractivity contribution < 1.29 is 69.4 Å². The van der Waals surface area contributed by atoms with Crippen molar-refractivity contribution in [3.63, 3.8) is 0 Å². The van der Waals surface area contributed by atoms with E-state index in [9.17, 15) is 0 Å². The van der Waals surface area contributed by atoms with E-state index in [1.807, 2.05) is 0 Å². The van der Waals surface area contributed by atoms with Crippen molar-refractivity contribution in [3.8, 4) is 0 Å². The largest absolute Gasteiger partial charge is 0.0654 e. The van der Waals surface area contributed by atoms with Gasteiger partial charge in [0.15, 0.2) is 0 Å². The van der Waals surface area contributed by atoms with Gasteiger partial charge in [-0.25, -0.2) is 0 Å². The van der Waals surface area contributed by atoms with Gasteiger partial charge in [-0.15, -0.1) is 0 Å². The van der Waals surface area contributed by atoms with Crippen LogP contribution in [0.15, 0.2) is 60.7 Å². The summed E-state index contributed by atoms with van der Waals surface area (Å²) >= 11 is 0. The molecule has 2 rings (SSSR count). The van der Waals surface area contributed by atoms with Gasteiger partial charge in [-0.2, -0.15) is 0 Å². The van der Waals surface area contributed by atoms with Gasteiger partial charge in [-0.1, -0.05) is 87.4 Å². The maximum absolute atomic E-state index is 2.37. The van der Waals surface area contributed by atoms with Gasteiger partial charge in [0.05, 0.1) is 0 Å². The van der Waals surface area contributed by atoms with Crippen LogP contribution < -0.4 is 0 Å². The van der Waals surface area contributed by atoms with E-state index in [1.54, 1.807) is 0 Å². The molecule has 0 atom stereocenters. The first kappa shape index (κ1) is 27.4. The first-order valence-corrected chi connectivity index (χ1v) is 6.88. The summed E-state index contributed by atoms with van der Waals surface area (Å²) in [4.78, 5) is 0. The van der Waals surface area contributed by atoms with Crippen molar-refractivity contribution >= 4 is 0 Å². The normalized spacial score (nSPS) is 9.36. The number of hydrogen-bond acceptors (Lipinski definition) is 0. The molecule has 0 saturated carbocycles. The van der Waals surface area contributed by atoms with E-state index < -0.39 is 0 Å². The molecule has 118 valence electrons. The van der Waals surface area contributed by atoms with Gasteiger partial charge in [-0.05, 0) is 17.5 Å². The monoisotopic (exact) mass is 446 g/mol. The SMILES string of the molecule is CCCCC(C)(c1ccccc1)c1ccccc1.[Cr].[Cr].[Cr].[Cr]. The molecule has 2 aromatic rings. The smallest absolute Gasteiger partial charge is 0.0174 e. The van der Waals surface area contributed by atoms with E-state index in [2.05, 4.69) is 74.5 Å². The van der Waals surface area contributed by atoms with Crippen molar-refractivity contribution in [2.75, 3.05) is 0 Å². The average Bonchev–Trinajstić information content (AvgIpc) is 2.46. The quantitative estimate of drug-likeness (QED) is 0.595. The minimum absolute atomic E-state index is 0. The maximum Gasteiger partial charge on any atom is 0.0174 e. The average molecular weight is 446 g/mol. The summed E-state index contributed by atoms with van der Waals surface area (Å²) in [6.45, 7) is 4.63. The third-order valence-corrected chi connectivity index (χ3v) is 3.85. The molecule has 0 aromatic heterocycles. The van der Waals surface area contributed by atoms with Crippen LogP contribution in [0.2, 0.25) is 0 Å². The molecular formula is C18H22Cr4. The molecule has 22 heavy (non-hydrogen) atoms. The van der Waals surface area contributed by atoms with Crippen LogP contribution in [0.5, 0.6) is 0 Å². The second-order valence-electron chi connectivity index (χ2n) is 5.17.